The quantitative estimate of drug-likeness (QED) is 0.486. The fourth-order valence-electron chi connectivity index (χ4n) is 4.04. The molecular weight excluding hydrogens is 470 g/mol. The van der Waals surface area contributed by atoms with Gasteiger partial charge in [0, 0.05) is 20.1 Å². The van der Waals surface area contributed by atoms with Crippen molar-refractivity contribution >= 4 is 23.4 Å². The Kier molecular flexibility index (Phi) is 6.87. The monoisotopic (exact) mass is 492 g/mol. The molecule has 2 aliphatic rings. The van der Waals surface area contributed by atoms with E-state index in [0.717, 1.165) is 0 Å². The molecule has 9 nitrogen and oxygen atoms in total. The number of aromatic nitrogens is 3. The standard InChI is InChI=1S/C22H23ClF2N6O3/c1-3-20(32)31-8-14(7-30-10-22(24,25)11-30)34-18(9-31)13-4-16(29-19(23)5-13)15-6-17(21(33)26-2)28-12-27-15/h3-6,12,14,18H,1,7-11H2,2H3,(H,26,33)/t14-,18-/m1/s1. The maximum absolute atomic E-state index is 13.3. The van der Waals surface area contributed by atoms with E-state index in [4.69, 9.17) is 16.3 Å². The van der Waals surface area contributed by atoms with Gasteiger partial charge in [-0.2, -0.15) is 0 Å². The highest BCUT2D eigenvalue weighted by atomic mass is 35.5. The number of nitrogens with zero attached hydrogens (tertiary/aromatic N) is 5. The van der Waals surface area contributed by atoms with Gasteiger partial charge in [-0.3, -0.25) is 14.5 Å². The van der Waals surface area contributed by atoms with Crippen LogP contribution in [0.4, 0.5) is 8.78 Å². The molecule has 2 aromatic heterocycles. The Morgan fingerprint density at radius 2 is 2.03 bits per heavy atom. The van der Waals surface area contributed by atoms with Gasteiger partial charge in [0.2, 0.25) is 5.91 Å². The highest BCUT2D eigenvalue weighted by Crippen LogP contribution is 2.32. The van der Waals surface area contributed by atoms with E-state index in [9.17, 15) is 18.4 Å². The van der Waals surface area contributed by atoms with Crippen molar-refractivity contribution in [3.05, 3.63) is 53.6 Å². The van der Waals surface area contributed by atoms with Crippen LogP contribution >= 0.6 is 11.6 Å². The van der Waals surface area contributed by atoms with Crippen LogP contribution in [0.3, 0.4) is 0 Å². The number of hydrogen-bond acceptors (Lipinski definition) is 7. The normalized spacial score (nSPS) is 22.1. The summed E-state index contributed by atoms with van der Waals surface area (Å²) in [5.74, 6) is -3.35. The van der Waals surface area contributed by atoms with Crippen LogP contribution in [0.25, 0.3) is 11.4 Å². The number of rotatable bonds is 6. The molecule has 2 aromatic rings. The molecule has 0 spiro atoms. The number of morpholine rings is 1. The maximum atomic E-state index is 13.3. The molecular formula is C22H23ClF2N6O3. The number of amides is 2. The maximum Gasteiger partial charge on any atom is 0.272 e. The molecule has 0 bridgehead atoms. The van der Waals surface area contributed by atoms with Crippen molar-refractivity contribution in [3.8, 4) is 11.4 Å². The number of carbonyl (C=O) groups excluding carboxylic acids is 2. The van der Waals surface area contributed by atoms with Gasteiger partial charge >= 0.3 is 0 Å². The van der Waals surface area contributed by atoms with E-state index < -0.39 is 18.1 Å². The first kappa shape index (κ1) is 24.1. The minimum Gasteiger partial charge on any atom is -0.365 e. The predicted molar refractivity (Wildman–Crippen MR) is 119 cm³/mol. The first-order chi connectivity index (χ1) is 16.2. The first-order valence-electron chi connectivity index (χ1n) is 10.6. The summed E-state index contributed by atoms with van der Waals surface area (Å²) in [6, 6.07) is 4.82. The largest absolute Gasteiger partial charge is 0.365 e. The summed E-state index contributed by atoms with van der Waals surface area (Å²) >= 11 is 6.28. The molecule has 0 aliphatic carbocycles. The van der Waals surface area contributed by atoms with E-state index in [1.807, 2.05) is 0 Å². The lowest BCUT2D eigenvalue weighted by molar-refractivity contribution is -0.165. The van der Waals surface area contributed by atoms with Gasteiger partial charge in [0.25, 0.3) is 11.8 Å². The van der Waals surface area contributed by atoms with Crippen molar-refractivity contribution in [2.24, 2.45) is 0 Å². The van der Waals surface area contributed by atoms with Gasteiger partial charge in [0.15, 0.2) is 0 Å². The highest BCUT2D eigenvalue weighted by Gasteiger charge is 2.45. The Labute approximate surface area is 199 Å². The van der Waals surface area contributed by atoms with Crippen LogP contribution in [0.2, 0.25) is 5.15 Å². The Hall–Kier alpha value is -3.02. The second kappa shape index (κ2) is 9.69. The van der Waals surface area contributed by atoms with E-state index in [-0.39, 0.29) is 55.4 Å². The highest BCUT2D eigenvalue weighted by molar-refractivity contribution is 6.29. The molecule has 2 fully saturated rings. The van der Waals surface area contributed by atoms with Gasteiger partial charge in [-0.25, -0.2) is 23.7 Å². The summed E-state index contributed by atoms with van der Waals surface area (Å²) in [7, 11) is 1.49. The molecule has 2 saturated heterocycles. The third-order valence-electron chi connectivity index (χ3n) is 5.60. The number of pyridine rings is 1. The molecule has 4 rings (SSSR count). The summed E-state index contributed by atoms with van der Waals surface area (Å²) in [6.45, 7) is 3.63. The summed E-state index contributed by atoms with van der Waals surface area (Å²) < 4.78 is 32.8. The molecule has 2 atom stereocenters. The molecule has 0 saturated carbocycles. The van der Waals surface area contributed by atoms with E-state index in [2.05, 4.69) is 26.8 Å². The third kappa shape index (κ3) is 5.37. The van der Waals surface area contributed by atoms with E-state index in [0.29, 0.717) is 17.0 Å². The van der Waals surface area contributed by atoms with Crippen molar-refractivity contribution in [1.29, 1.82) is 0 Å². The van der Waals surface area contributed by atoms with E-state index in [1.54, 1.807) is 21.9 Å². The Bertz CT molecular complexity index is 1110. The van der Waals surface area contributed by atoms with Gasteiger partial charge in [-0.15, -0.1) is 0 Å². The molecule has 1 N–H and O–H groups in total. The topological polar surface area (TPSA) is 101 Å². The lowest BCUT2D eigenvalue weighted by atomic mass is 10.0. The predicted octanol–water partition coefficient (Wildman–Crippen LogP) is 1.96. The lowest BCUT2D eigenvalue weighted by Crippen LogP contribution is -2.60. The number of halogens is 3. The van der Waals surface area contributed by atoms with E-state index in [1.165, 1.54) is 25.5 Å². The minimum absolute atomic E-state index is 0.166. The lowest BCUT2D eigenvalue weighted by Gasteiger charge is -2.44. The second-order valence-corrected chi connectivity index (χ2v) is 8.58. The van der Waals surface area contributed by atoms with Gasteiger partial charge in [0.1, 0.15) is 23.3 Å². The third-order valence-corrected chi connectivity index (χ3v) is 5.80. The van der Waals surface area contributed by atoms with Gasteiger partial charge in [-0.05, 0) is 29.8 Å². The Morgan fingerprint density at radius 1 is 1.26 bits per heavy atom. The molecule has 0 aromatic carbocycles. The number of carbonyl (C=O) groups is 2. The zero-order valence-corrected chi connectivity index (χ0v) is 19.1. The van der Waals surface area contributed by atoms with Crippen LogP contribution in [-0.4, -0.2) is 88.4 Å². The number of alkyl halides is 2. The van der Waals surface area contributed by atoms with Crippen LogP contribution in [-0.2, 0) is 9.53 Å². The van der Waals surface area contributed by atoms with Crippen LogP contribution in [0.1, 0.15) is 22.2 Å². The smallest absolute Gasteiger partial charge is 0.272 e. The van der Waals surface area contributed by atoms with Gasteiger partial charge < -0.3 is 15.0 Å². The Balaban J connectivity index is 1.60. The zero-order chi connectivity index (χ0) is 24.5. The van der Waals surface area contributed by atoms with Gasteiger partial charge in [-0.1, -0.05) is 18.2 Å². The molecule has 0 unspecified atom stereocenters. The average molecular weight is 493 g/mol. The minimum atomic E-state index is -2.69. The summed E-state index contributed by atoms with van der Waals surface area (Å²) in [4.78, 5) is 39.9. The number of hydrogen-bond donors (Lipinski definition) is 1. The molecule has 2 aliphatic heterocycles. The van der Waals surface area contributed by atoms with Crippen LogP contribution in [0, 0.1) is 0 Å². The molecule has 34 heavy (non-hydrogen) atoms. The summed E-state index contributed by atoms with van der Waals surface area (Å²) in [6.07, 6.45) is 1.41. The van der Waals surface area contributed by atoms with Crippen molar-refractivity contribution in [3.63, 3.8) is 0 Å². The van der Waals surface area contributed by atoms with Crippen molar-refractivity contribution < 1.29 is 23.1 Å². The fraction of sp³-hybridized carbons (Fsp3) is 0.409. The first-order valence-corrected chi connectivity index (χ1v) is 10.9. The van der Waals surface area contributed by atoms with Crippen molar-refractivity contribution in [2.45, 2.75) is 18.1 Å². The second-order valence-electron chi connectivity index (χ2n) is 8.20. The van der Waals surface area contributed by atoms with Crippen molar-refractivity contribution in [1.82, 2.24) is 30.1 Å². The molecule has 4 heterocycles. The number of ether oxygens (including phenoxy) is 1. The zero-order valence-electron chi connectivity index (χ0n) is 18.4. The summed E-state index contributed by atoms with van der Waals surface area (Å²) in [5.41, 5.74) is 1.57. The van der Waals surface area contributed by atoms with E-state index >= 15 is 0 Å². The summed E-state index contributed by atoms with van der Waals surface area (Å²) in [5, 5.41) is 2.67. The molecule has 0 radical (unpaired) electrons. The van der Waals surface area contributed by atoms with Crippen LogP contribution in [0.5, 0.6) is 0 Å². The molecule has 2 amide bonds. The molecule has 12 heteroatoms. The number of likely N-dealkylation sites (tertiary alicyclic amines) is 1. The van der Waals surface area contributed by atoms with Crippen molar-refractivity contribution in [2.75, 3.05) is 39.8 Å². The average Bonchev–Trinajstić information content (AvgIpc) is 2.81. The van der Waals surface area contributed by atoms with Crippen LogP contribution < -0.4 is 5.32 Å². The number of nitrogens with one attached hydrogen (secondary N) is 1. The fourth-order valence-corrected chi connectivity index (χ4v) is 4.26. The Morgan fingerprint density at radius 3 is 2.71 bits per heavy atom. The van der Waals surface area contributed by atoms with Gasteiger partial charge in [0.05, 0.1) is 37.1 Å². The SMILES string of the molecule is C=CC(=O)N1C[C@@H](CN2CC(F)(F)C2)O[C@@H](c2cc(Cl)nc(-c3cc(C(=O)NC)ncn3)c2)C1. The van der Waals surface area contributed by atoms with Crippen LogP contribution in [0.15, 0.2) is 37.2 Å². The molecule has 180 valence electrons.